The van der Waals surface area contributed by atoms with Crippen molar-refractivity contribution in [3.8, 4) is 17.6 Å². The van der Waals surface area contributed by atoms with Crippen molar-refractivity contribution < 1.29 is 18.8 Å². The van der Waals surface area contributed by atoms with Crippen LogP contribution in [0.4, 0.5) is 15.2 Å². The van der Waals surface area contributed by atoms with Crippen molar-refractivity contribution in [2.24, 2.45) is 0 Å². The summed E-state index contributed by atoms with van der Waals surface area (Å²) in [6.07, 6.45) is 3.82. The molecule has 0 amide bonds. The number of ether oxygens (including phenoxy) is 1. The highest BCUT2D eigenvalue weighted by Crippen LogP contribution is 2.53. The first-order chi connectivity index (χ1) is 22.1. The van der Waals surface area contributed by atoms with Gasteiger partial charge in [-0.15, -0.1) is 16.4 Å². The number of rotatable bonds is 4. The fourth-order valence-electron chi connectivity index (χ4n) is 8.14. The van der Waals surface area contributed by atoms with Crippen molar-refractivity contribution in [2.75, 3.05) is 43.9 Å². The van der Waals surface area contributed by atoms with Crippen LogP contribution in [0.3, 0.4) is 0 Å². The van der Waals surface area contributed by atoms with Crippen LogP contribution in [0.25, 0.3) is 22.7 Å². The average molecular weight is 649 g/mol. The van der Waals surface area contributed by atoms with E-state index in [2.05, 4.69) is 21.5 Å². The zero-order valence-electron chi connectivity index (χ0n) is 26.2. The van der Waals surface area contributed by atoms with Crippen LogP contribution in [0.15, 0.2) is 4.52 Å². The highest BCUT2D eigenvalue weighted by Gasteiger charge is 2.50. The first-order valence-corrected chi connectivity index (χ1v) is 16.8. The number of nitrogens with two attached hydrogens (primary N) is 1. The van der Waals surface area contributed by atoms with Crippen molar-refractivity contribution in [3.63, 3.8) is 0 Å². The molecule has 0 saturated carbocycles. The molecular weight excluding hydrogens is 611 g/mol. The second kappa shape index (κ2) is 10.7. The van der Waals surface area contributed by atoms with E-state index in [1.165, 1.54) is 11.3 Å². The number of nitriles is 1. The van der Waals surface area contributed by atoms with Crippen molar-refractivity contribution in [2.45, 2.75) is 88.3 Å². The molecule has 1 aliphatic carbocycles. The highest BCUT2D eigenvalue weighted by molar-refractivity contribution is 7.16. The first-order valence-electron chi connectivity index (χ1n) is 16.0. The van der Waals surface area contributed by atoms with E-state index >= 15 is 0 Å². The van der Waals surface area contributed by atoms with Crippen LogP contribution in [0.1, 0.15) is 79.3 Å². The number of likely N-dealkylation sites (tertiary alicyclic amines) is 1. The summed E-state index contributed by atoms with van der Waals surface area (Å²) < 4.78 is 28.9. The predicted molar refractivity (Wildman–Crippen MR) is 168 cm³/mol. The normalized spacial score (nSPS) is 28.8. The van der Waals surface area contributed by atoms with Gasteiger partial charge in [0.1, 0.15) is 17.2 Å². The largest absolute Gasteiger partial charge is 0.389 e. The summed E-state index contributed by atoms with van der Waals surface area (Å²) in [5, 5.41) is 35.2. The zero-order chi connectivity index (χ0) is 32.0. The smallest absolute Gasteiger partial charge is 0.186 e. The van der Waals surface area contributed by atoms with E-state index < -0.39 is 17.4 Å². The molecule has 4 aromatic heterocycles. The molecule has 1 spiro atoms. The molecule has 2 saturated heterocycles. The number of nitrogen functional groups attached to an aromatic ring is 1. The molecule has 46 heavy (non-hydrogen) atoms. The van der Waals surface area contributed by atoms with Crippen molar-refractivity contribution in [1.82, 2.24) is 35.0 Å². The number of nitrogens with zero attached hydrogens (tertiary/aromatic N) is 9. The summed E-state index contributed by atoms with van der Waals surface area (Å²) in [6, 6.07) is 2.01. The molecule has 0 bridgehead atoms. The third-order valence-electron chi connectivity index (χ3n) is 10.3. The lowest BCUT2D eigenvalue weighted by Crippen LogP contribution is -2.46. The fourth-order valence-corrected chi connectivity index (χ4v) is 9.27. The van der Waals surface area contributed by atoms with Gasteiger partial charge in [-0.2, -0.15) is 5.26 Å². The Labute approximate surface area is 269 Å². The van der Waals surface area contributed by atoms with E-state index in [9.17, 15) is 14.8 Å². The molecule has 4 aliphatic rings. The minimum absolute atomic E-state index is 0.0813. The second-order valence-corrected chi connectivity index (χ2v) is 14.7. The molecule has 4 aromatic rings. The molecule has 0 radical (unpaired) electrons. The Bertz CT molecular complexity index is 1880. The molecule has 5 atom stereocenters. The van der Waals surface area contributed by atoms with Gasteiger partial charge >= 0.3 is 0 Å². The van der Waals surface area contributed by atoms with Crippen molar-refractivity contribution in [1.29, 1.82) is 5.26 Å². The van der Waals surface area contributed by atoms with Crippen molar-refractivity contribution >= 4 is 33.3 Å². The molecule has 5 unspecified atom stereocenters. The summed E-state index contributed by atoms with van der Waals surface area (Å²) in [6.45, 7) is 5.68. The third kappa shape index (κ3) is 4.44. The van der Waals surface area contributed by atoms with E-state index in [4.69, 9.17) is 25.0 Å². The molecule has 2 fully saturated rings. The van der Waals surface area contributed by atoms with Crippen LogP contribution in [0.5, 0.6) is 0 Å². The minimum Gasteiger partial charge on any atom is -0.389 e. The molecular formula is C31H37FN10O3S. The number of anilines is 2. The molecule has 15 heteroatoms. The Hall–Kier alpha value is -3.71. The van der Waals surface area contributed by atoms with E-state index in [0.717, 1.165) is 35.3 Å². The second-order valence-electron chi connectivity index (χ2n) is 13.5. The summed E-state index contributed by atoms with van der Waals surface area (Å²) in [7, 11) is 1.93. The van der Waals surface area contributed by atoms with Gasteiger partial charge in [-0.25, -0.2) is 19.0 Å². The number of halogens is 1. The zero-order valence-corrected chi connectivity index (χ0v) is 27.0. The standard InChI is InChI=1S/C31H37FN10O3S/c1-16(20-12-17(32)14-40(20)3)42-29-24(37-39-42)28(41-10-5-8-30(2,43)15-41)35-27(36-29)23-18-7-11-44-31(25(18)45-38-23)9-4-6-21-22(31)19(13-33)26(34)46-21/h16-17,20,43H,4-12,14-15,34H2,1-3H3. The SMILES string of the molecule is CC(C1CC(F)CN1C)n1nnc2c(N3CCCC(C)(O)C3)nc(-c3noc4c3CCOC43CCCc4sc(N)c(C#N)c43)nc21. The lowest BCUT2D eigenvalue weighted by molar-refractivity contribution is -0.0580. The van der Waals surface area contributed by atoms with Gasteiger partial charge in [0.25, 0.3) is 0 Å². The van der Waals surface area contributed by atoms with Crippen LogP contribution in [0, 0.1) is 11.3 Å². The number of aliphatic hydroxyl groups is 1. The van der Waals surface area contributed by atoms with Crippen LogP contribution < -0.4 is 10.6 Å². The summed E-state index contributed by atoms with van der Waals surface area (Å²) >= 11 is 1.44. The maximum atomic E-state index is 14.4. The van der Waals surface area contributed by atoms with E-state index in [1.54, 1.807) is 4.68 Å². The molecule has 3 aliphatic heterocycles. The quantitative estimate of drug-likeness (QED) is 0.331. The molecule has 8 rings (SSSR count). The number of β-amino-alcohol motifs (C(OH)–C–C–N with tert-alkyl or cyclic N) is 1. The number of fused-ring (bicyclic) bond motifs is 5. The van der Waals surface area contributed by atoms with E-state index in [-0.39, 0.29) is 12.1 Å². The Morgan fingerprint density at radius 1 is 1.24 bits per heavy atom. The number of piperidine rings is 1. The van der Waals surface area contributed by atoms with Crippen LogP contribution in [0.2, 0.25) is 0 Å². The molecule has 13 nitrogen and oxygen atoms in total. The Kier molecular flexibility index (Phi) is 6.88. The van der Waals surface area contributed by atoms with E-state index in [1.807, 2.05) is 30.7 Å². The van der Waals surface area contributed by atoms with Gasteiger partial charge in [0.15, 0.2) is 39.9 Å². The summed E-state index contributed by atoms with van der Waals surface area (Å²) in [5.74, 6) is 1.49. The van der Waals surface area contributed by atoms with Gasteiger partial charge < -0.3 is 25.0 Å². The number of hydrogen-bond donors (Lipinski definition) is 2. The summed E-state index contributed by atoms with van der Waals surface area (Å²) in [4.78, 5) is 15.2. The van der Waals surface area contributed by atoms with Crippen molar-refractivity contribution in [3.05, 3.63) is 27.3 Å². The lowest BCUT2D eigenvalue weighted by atomic mass is 9.76. The van der Waals surface area contributed by atoms with Gasteiger partial charge in [0.2, 0.25) is 0 Å². The fraction of sp³-hybridized carbons (Fsp3) is 0.613. The number of thiophene rings is 1. The minimum atomic E-state index is -0.960. The number of aromatic nitrogens is 6. The molecule has 242 valence electrons. The monoisotopic (exact) mass is 648 g/mol. The first kappa shape index (κ1) is 29.7. The molecule has 3 N–H and O–H groups in total. The number of aryl methyl sites for hydroxylation is 1. The maximum Gasteiger partial charge on any atom is 0.186 e. The van der Waals surface area contributed by atoms with Gasteiger partial charge in [0.05, 0.1) is 23.8 Å². The Morgan fingerprint density at radius 2 is 2.09 bits per heavy atom. The molecule has 7 heterocycles. The maximum absolute atomic E-state index is 14.4. The average Bonchev–Trinajstić information content (AvgIpc) is 3.80. The van der Waals surface area contributed by atoms with Gasteiger partial charge in [-0.1, -0.05) is 10.4 Å². The third-order valence-corrected chi connectivity index (χ3v) is 11.4. The highest BCUT2D eigenvalue weighted by atomic mass is 32.1. The Morgan fingerprint density at radius 3 is 2.85 bits per heavy atom. The molecule has 0 aromatic carbocycles. The van der Waals surface area contributed by atoms with Gasteiger partial charge in [-0.3, -0.25) is 4.90 Å². The van der Waals surface area contributed by atoms with Crippen LogP contribution in [-0.4, -0.2) is 91.2 Å². The number of alkyl halides is 1. The Balaban J connectivity index is 1.29. The lowest BCUT2D eigenvalue weighted by Gasteiger charge is -2.38. The van der Waals surface area contributed by atoms with Crippen LogP contribution in [-0.2, 0) is 23.2 Å². The predicted octanol–water partition coefficient (Wildman–Crippen LogP) is 3.50. The topological polar surface area (TPSA) is 168 Å². The van der Waals surface area contributed by atoms with Gasteiger partial charge in [0, 0.05) is 48.1 Å². The van der Waals surface area contributed by atoms with Gasteiger partial charge in [-0.05, 0) is 59.4 Å². The number of hydrogen-bond acceptors (Lipinski definition) is 13. The van der Waals surface area contributed by atoms with E-state index in [0.29, 0.717) is 96.7 Å². The summed E-state index contributed by atoms with van der Waals surface area (Å²) in [5.41, 5.74) is 8.07. The number of likely N-dealkylation sites (N-methyl/N-ethyl adjacent to an activating group) is 1. The van der Waals surface area contributed by atoms with Crippen LogP contribution >= 0.6 is 11.3 Å².